The minimum Gasteiger partial charge on any atom is -0.456 e. The van der Waals surface area contributed by atoms with E-state index in [1.807, 2.05) is 34.0 Å². The molecule has 8 heteroatoms. The summed E-state index contributed by atoms with van der Waals surface area (Å²) in [5, 5.41) is 19.6. The zero-order chi connectivity index (χ0) is 83.1. The smallest absolute Gasteiger partial charge is 0.137 e. The molecule has 5 nitrogen and oxygen atoms in total. The van der Waals surface area contributed by atoms with Crippen molar-refractivity contribution in [3.05, 3.63) is 461 Å². The first-order valence-corrected chi connectivity index (χ1v) is 45.2. The highest BCUT2D eigenvalue weighted by atomic mass is 32.1. The van der Waals surface area contributed by atoms with Gasteiger partial charge in [0.1, 0.15) is 11.2 Å². The molecule has 4 heterocycles. The van der Waals surface area contributed by atoms with Crippen LogP contribution in [0, 0.1) is 0 Å². The summed E-state index contributed by atoms with van der Waals surface area (Å²) in [6.45, 7) is 0. The number of furan rings is 1. The first-order valence-electron chi connectivity index (χ1n) is 42.7. The van der Waals surface area contributed by atoms with Crippen molar-refractivity contribution in [1.29, 1.82) is 0 Å². The Morgan fingerprint density at radius 3 is 0.905 bits per heavy atom. The molecule has 0 N–H and O–H groups in total. The summed E-state index contributed by atoms with van der Waals surface area (Å²) in [6, 6.07) is 168. The van der Waals surface area contributed by atoms with Crippen LogP contribution in [-0.4, -0.2) is 0 Å². The van der Waals surface area contributed by atoms with Crippen LogP contribution in [0.5, 0.6) is 0 Å². The van der Waals surface area contributed by atoms with Crippen LogP contribution in [0.15, 0.2) is 465 Å². The van der Waals surface area contributed by atoms with Crippen molar-refractivity contribution in [2.45, 2.75) is 0 Å². The van der Waals surface area contributed by atoms with Gasteiger partial charge in [-0.1, -0.05) is 255 Å². The molecule has 0 aliphatic rings. The normalized spacial score (nSPS) is 11.7. The summed E-state index contributed by atoms with van der Waals surface area (Å²) in [5.41, 5.74) is 22.0. The van der Waals surface area contributed by atoms with Gasteiger partial charge in [0, 0.05) is 152 Å². The zero-order valence-corrected chi connectivity index (χ0v) is 70.7. The number of fused-ring (bicyclic) bond motifs is 17. The highest BCUT2D eigenvalue weighted by Gasteiger charge is 2.25. The Bertz CT molecular complexity index is 8200. The van der Waals surface area contributed by atoms with E-state index < -0.39 is 0 Å². The van der Waals surface area contributed by atoms with Crippen LogP contribution >= 0.6 is 34.0 Å². The lowest BCUT2D eigenvalue weighted by Gasteiger charge is -2.27. The van der Waals surface area contributed by atoms with Crippen LogP contribution in [0.4, 0.5) is 68.2 Å². The molecule has 126 heavy (non-hydrogen) atoms. The van der Waals surface area contributed by atoms with Crippen molar-refractivity contribution in [2.24, 2.45) is 0 Å². The van der Waals surface area contributed by atoms with E-state index in [0.717, 1.165) is 90.2 Å². The summed E-state index contributed by atoms with van der Waals surface area (Å²) >= 11 is 5.54. The Balaban J connectivity index is 0.000000141. The second-order valence-corrected chi connectivity index (χ2v) is 35.5. The van der Waals surface area contributed by atoms with Gasteiger partial charge in [-0.15, -0.1) is 34.0 Å². The molecule has 0 fully saturated rings. The lowest BCUT2D eigenvalue weighted by Crippen LogP contribution is -2.10. The number of nitrogens with zero attached hydrogens (tertiary/aromatic N) is 4. The average molecular weight is 1660 g/mol. The highest BCUT2D eigenvalue weighted by Crippen LogP contribution is 2.50. The fourth-order valence-electron chi connectivity index (χ4n) is 18.8. The van der Waals surface area contributed by atoms with Crippen molar-refractivity contribution in [2.75, 3.05) is 19.6 Å². The lowest BCUT2D eigenvalue weighted by atomic mass is 9.92. The molecule has 0 saturated heterocycles. The standard InChI is InChI=1S/C62H42N2S.C56H34N2OS2/c1-5-17-43(18-6-1)47-37-48(44-19-7-2-8-20-44)39-54(38-47)64(50-23-11-4-12-24-50)52-34-31-46-40-58(55-25-13-14-26-56(55)59(46)41-52)45-29-32-51(33-30-45)63(49-21-9-3-10-22-49)53-35-36-62-60(42-53)57-27-15-16-28-61(57)65-62;1-3-11-37-29-39(19-17-35(37)9-1)57(41-23-27-55-49(31-41)47-13-5-7-15-53(47)60-55)43-21-25-45-46-26-22-44(34-52(46)59-51(45)33-43)58(40-20-18-36-10-2-4-12-38(36)30-40)42-24-28-56-50(32-42)48-14-6-8-16-54(48)61-56/h1-42H;1-34H. The van der Waals surface area contributed by atoms with E-state index in [1.54, 1.807) is 0 Å². The van der Waals surface area contributed by atoms with Crippen molar-refractivity contribution < 1.29 is 4.42 Å². The Morgan fingerprint density at radius 2 is 0.452 bits per heavy atom. The predicted molar refractivity (Wildman–Crippen MR) is 544 cm³/mol. The van der Waals surface area contributed by atoms with Crippen LogP contribution in [0.1, 0.15) is 0 Å². The van der Waals surface area contributed by atoms with Gasteiger partial charge < -0.3 is 24.0 Å². The van der Waals surface area contributed by atoms with E-state index in [0.29, 0.717) is 0 Å². The molecule has 0 aliphatic carbocycles. The summed E-state index contributed by atoms with van der Waals surface area (Å²) in [6.07, 6.45) is 0. The summed E-state index contributed by atoms with van der Waals surface area (Å²) in [5.74, 6) is 0. The van der Waals surface area contributed by atoms with Crippen LogP contribution in [0.2, 0.25) is 0 Å². The molecular weight excluding hydrogens is 1590 g/mol. The first-order chi connectivity index (χ1) is 62.4. The molecule has 592 valence electrons. The largest absolute Gasteiger partial charge is 0.456 e. The van der Waals surface area contributed by atoms with Crippen LogP contribution in [0.3, 0.4) is 0 Å². The van der Waals surface area contributed by atoms with Gasteiger partial charge in [0.25, 0.3) is 0 Å². The van der Waals surface area contributed by atoms with Crippen molar-refractivity contribution in [1.82, 2.24) is 0 Å². The summed E-state index contributed by atoms with van der Waals surface area (Å²) < 4.78 is 14.7. The van der Waals surface area contributed by atoms with Gasteiger partial charge in [-0.05, 0) is 271 Å². The molecule has 0 radical (unpaired) electrons. The van der Waals surface area contributed by atoms with Gasteiger partial charge in [-0.25, -0.2) is 0 Å². The van der Waals surface area contributed by atoms with Gasteiger partial charge in [-0.3, -0.25) is 0 Å². The number of para-hydroxylation sites is 2. The lowest BCUT2D eigenvalue weighted by molar-refractivity contribution is 0.669. The molecular formula is C118H76N4OS3. The molecule has 0 bridgehead atoms. The van der Waals surface area contributed by atoms with Crippen LogP contribution < -0.4 is 19.6 Å². The molecule has 0 saturated carbocycles. The minimum absolute atomic E-state index is 0.848. The SMILES string of the molecule is c1ccc(-c2cc(-c3ccccc3)cc(N(c3ccccc3)c3ccc4cc(-c5ccc(N(c6ccccc6)c6ccc7sc8ccccc8c7c6)cc5)c5ccccc5c4c3)c2)cc1.c1ccc2cc(N(c3ccc4c(c3)oc3cc(N(c5ccc6ccccc6c5)c5ccc6sc7ccccc7c6c5)ccc34)c3ccc4sc5ccccc5c4c3)ccc2c1. The van der Waals surface area contributed by atoms with Gasteiger partial charge in [0.2, 0.25) is 0 Å². The predicted octanol–water partition coefficient (Wildman–Crippen LogP) is 35.9. The van der Waals surface area contributed by atoms with E-state index in [4.69, 9.17) is 4.42 Å². The summed E-state index contributed by atoms with van der Waals surface area (Å²) in [4.78, 5) is 9.49. The molecule has 0 spiro atoms. The van der Waals surface area contributed by atoms with Gasteiger partial charge >= 0.3 is 0 Å². The molecule has 0 unspecified atom stereocenters. The number of rotatable bonds is 15. The fourth-order valence-corrected chi connectivity index (χ4v) is 22.0. The molecule has 25 rings (SSSR count). The van der Waals surface area contributed by atoms with Crippen molar-refractivity contribution in [3.63, 3.8) is 0 Å². The van der Waals surface area contributed by atoms with Crippen LogP contribution in [-0.2, 0) is 0 Å². The van der Waals surface area contributed by atoms with E-state index in [9.17, 15) is 0 Å². The maximum absolute atomic E-state index is 6.90. The topological polar surface area (TPSA) is 26.1 Å². The van der Waals surface area contributed by atoms with Crippen molar-refractivity contribution >= 4 is 228 Å². The Hall–Kier alpha value is -15.7. The Morgan fingerprint density at radius 1 is 0.143 bits per heavy atom. The van der Waals surface area contributed by atoms with Gasteiger partial charge in [0.15, 0.2) is 0 Å². The Labute approximate surface area is 740 Å². The number of hydrogen-bond acceptors (Lipinski definition) is 8. The number of benzene rings is 21. The van der Waals surface area contributed by atoms with E-state index >= 15 is 0 Å². The first kappa shape index (κ1) is 74.2. The molecule has 0 atom stereocenters. The minimum atomic E-state index is 0.848. The van der Waals surface area contributed by atoms with E-state index in [-0.39, 0.29) is 0 Å². The molecule has 25 aromatic rings. The highest BCUT2D eigenvalue weighted by molar-refractivity contribution is 7.26. The Kier molecular flexibility index (Phi) is 18.4. The molecule has 21 aromatic carbocycles. The second kappa shape index (κ2) is 31.3. The third-order valence-electron chi connectivity index (χ3n) is 24.8. The molecule has 0 aliphatic heterocycles. The second-order valence-electron chi connectivity index (χ2n) is 32.3. The quantitative estimate of drug-likeness (QED) is 0.0953. The fraction of sp³-hybridized carbons (Fsp3) is 0. The zero-order valence-electron chi connectivity index (χ0n) is 68.3. The summed E-state index contributed by atoms with van der Waals surface area (Å²) in [7, 11) is 0. The maximum Gasteiger partial charge on any atom is 0.137 e. The van der Waals surface area contributed by atoms with Crippen LogP contribution in [0.25, 0.3) is 159 Å². The maximum atomic E-state index is 6.90. The third-order valence-corrected chi connectivity index (χ3v) is 28.2. The average Bonchev–Trinajstić information content (AvgIpc) is 1.43. The van der Waals surface area contributed by atoms with E-state index in [1.165, 1.54) is 137 Å². The third kappa shape index (κ3) is 13.5. The van der Waals surface area contributed by atoms with Gasteiger partial charge in [0.05, 0.1) is 0 Å². The van der Waals surface area contributed by atoms with Gasteiger partial charge in [-0.2, -0.15) is 0 Å². The van der Waals surface area contributed by atoms with Crippen molar-refractivity contribution in [3.8, 4) is 33.4 Å². The molecule has 0 amide bonds. The number of hydrogen-bond donors (Lipinski definition) is 0. The van der Waals surface area contributed by atoms with E-state index in [2.05, 4.69) is 481 Å². The molecule has 4 aromatic heterocycles. The monoisotopic (exact) mass is 1660 g/mol. The number of thiophene rings is 3. The number of anilines is 12.